The maximum absolute atomic E-state index is 11.8. The van der Waals surface area contributed by atoms with Gasteiger partial charge in [-0.15, -0.1) is 0 Å². The minimum Gasteiger partial charge on any atom is -0.480 e. The molecular formula is C10H18N4O4S. The van der Waals surface area contributed by atoms with E-state index in [1.807, 2.05) is 6.92 Å². The minimum absolute atomic E-state index is 0.121. The molecule has 3 N–H and O–H groups in total. The first-order valence-corrected chi connectivity index (χ1v) is 7.56. The van der Waals surface area contributed by atoms with E-state index in [0.29, 0.717) is 6.54 Å². The molecule has 1 rings (SSSR count). The van der Waals surface area contributed by atoms with E-state index >= 15 is 0 Å². The number of hydrogen-bond donors (Lipinski definition) is 2. The Morgan fingerprint density at radius 2 is 2.11 bits per heavy atom. The fourth-order valence-electron chi connectivity index (χ4n) is 1.74. The number of rotatable bonds is 6. The zero-order valence-electron chi connectivity index (χ0n) is 11.1. The first-order chi connectivity index (χ1) is 8.68. The molecular weight excluding hydrogens is 272 g/mol. The van der Waals surface area contributed by atoms with E-state index in [1.54, 1.807) is 11.9 Å². The predicted octanol–water partition coefficient (Wildman–Crippen LogP) is -0.200. The molecule has 0 atom stereocenters. The molecule has 1 heterocycles. The molecule has 0 saturated carbocycles. The highest BCUT2D eigenvalue weighted by atomic mass is 32.2. The van der Waals surface area contributed by atoms with Crippen molar-refractivity contribution >= 4 is 27.4 Å². The van der Waals surface area contributed by atoms with Crippen LogP contribution in [-0.4, -0.2) is 49.1 Å². The summed E-state index contributed by atoms with van der Waals surface area (Å²) in [6.07, 6.45) is 1.82. The monoisotopic (exact) mass is 290 g/mol. The largest absolute Gasteiger partial charge is 0.480 e. The van der Waals surface area contributed by atoms with Crippen molar-refractivity contribution in [3.8, 4) is 0 Å². The van der Waals surface area contributed by atoms with Gasteiger partial charge in [0.1, 0.15) is 12.4 Å². The van der Waals surface area contributed by atoms with E-state index in [1.165, 1.54) is 0 Å². The molecule has 9 heteroatoms. The molecule has 0 spiro atoms. The van der Waals surface area contributed by atoms with Crippen molar-refractivity contribution in [3.63, 3.8) is 0 Å². The summed E-state index contributed by atoms with van der Waals surface area (Å²) in [5.74, 6) is -1.11. The van der Waals surface area contributed by atoms with E-state index in [0.717, 1.165) is 17.4 Å². The van der Waals surface area contributed by atoms with E-state index < -0.39 is 22.4 Å². The molecule has 0 saturated heterocycles. The van der Waals surface area contributed by atoms with Gasteiger partial charge in [-0.05, 0) is 6.42 Å². The summed E-state index contributed by atoms with van der Waals surface area (Å²) in [6.45, 7) is 2.05. The number of aliphatic carboxylic acids is 1. The second-order valence-electron chi connectivity index (χ2n) is 4.28. The maximum Gasteiger partial charge on any atom is 0.325 e. The average molecular weight is 290 g/mol. The highest BCUT2D eigenvalue weighted by Gasteiger charge is 2.26. The molecule has 1 aromatic rings. The predicted molar refractivity (Wildman–Crippen MR) is 70.9 cm³/mol. The Balaban J connectivity index is 3.40. The Kier molecular flexibility index (Phi) is 4.40. The second kappa shape index (κ2) is 5.47. The number of carbonyl (C=O) groups is 1. The van der Waals surface area contributed by atoms with Crippen LogP contribution in [0.4, 0.5) is 11.6 Å². The number of nitrogen functional groups attached to an aromatic ring is 1. The Bertz CT molecular complexity index is 579. The molecule has 0 unspecified atom stereocenters. The van der Waals surface area contributed by atoms with Gasteiger partial charge >= 0.3 is 5.97 Å². The number of carboxylic acids is 1. The summed E-state index contributed by atoms with van der Waals surface area (Å²) < 4.78 is 24.5. The van der Waals surface area contributed by atoms with Crippen molar-refractivity contribution in [2.24, 2.45) is 0 Å². The van der Waals surface area contributed by atoms with Crippen molar-refractivity contribution in [1.29, 1.82) is 0 Å². The Morgan fingerprint density at radius 1 is 1.53 bits per heavy atom. The van der Waals surface area contributed by atoms with Gasteiger partial charge < -0.3 is 15.7 Å². The zero-order chi connectivity index (χ0) is 14.8. The Morgan fingerprint density at radius 3 is 2.53 bits per heavy atom. The van der Waals surface area contributed by atoms with Gasteiger partial charge in [0.15, 0.2) is 20.6 Å². The number of hydrogen-bond acceptors (Lipinski definition) is 6. The third-order valence-corrected chi connectivity index (χ3v) is 3.64. The van der Waals surface area contributed by atoms with Crippen molar-refractivity contribution < 1.29 is 18.3 Å². The Hall–Kier alpha value is -1.77. The molecule has 1 aromatic heterocycles. The van der Waals surface area contributed by atoms with Crippen LogP contribution in [0.2, 0.25) is 0 Å². The summed E-state index contributed by atoms with van der Waals surface area (Å²) in [5.41, 5.74) is 5.70. The summed E-state index contributed by atoms with van der Waals surface area (Å²) in [4.78, 5) is 12.2. The smallest absolute Gasteiger partial charge is 0.325 e. The van der Waals surface area contributed by atoms with Crippen LogP contribution in [0.25, 0.3) is 0 Å². The van der Waals surface area contributed by atoms with E-state index in [2.05, 4.69) is 5.10 Å². The van der Waals surface area contributed by atoms with Crippen LogP contribution < -0.4 is 10.6 Å². The average Bonchev–Trinajstić information content (AvgIpc) is 2.55. The third kappa shape index (κ3) is 3.37. The molecule has 8 nitrogen and oxygen atoms in total. The van der Waals surface area contributed by atoms with Crippen molar-refractivity contribution in [1.82, 2.24) is 9.78 Å². The molecule has 108 valence electrons. The first-order valence-electron chi connectivity index (χ1n) is 5.67. The van der Waals surface area contributed by atoms with Gasteiger partial charge in [0.25, 0.3) is 0 Å². The van der Waals surface area contributed by atoms with Crippen molar-refractivity contribution in [3.05, 3.63) is 0 Å². The van der Waals surface area contributed by atoms with E-state index in [4.69, 9.17) is 10.8 Å². The number of sulfone groups is 1. The molecule has 19 heavy (non-hydrogen) atoms. The normalized spacial score (nSPS) is 11.5. The molecule has 0 fully saturated rings. The van der Waals surface area contributed by atoms with Crippen molar-refractivity contribution in [2.45, 2.75) is 24.8 Å². The van der Waals surface area contributed by atoms with E-state index in [-0.39, 0.29) is 16.5 Å². The van der Waals surface area contributed by atoms with Gasteiger partial charge in [-0.25, -0.2) is 13.1 Å². The molecule has 0 aliphatic carbocycles. The van der Waals surface area contributed by atoms with Gasteiger partial charge in [-0.2, -0.15) is 5.10 Å². The van der Waals surface area contributed by atoms with Crippen LogP contribution in [-0.2, 0) is 21.2 Å². The van der Waals surface area contributed by atoms with Crippen molar-refractivity contribution in [2.75, 3.05) is 30.5 Å². The lowest BCUT2D eigenvalue weighted by molar-refractivity contribution is -0.137. The lowest BCUT2D eigenvalue weighted by Crippen LogP contribution is -2.20. The van der Waals surface area contributed by atoms with Crippen LogP contribution in [0.3, 0.4) is 0 Å². The van der Waals surface area contributed by atoms with Crippen LogP contribution in [0.5, 0.6) is 0 Å². The molecule has 0 amide bonds. The highest BCUT2D eigenvalue weighted by Crippen LogP contribution is 2.29. The van der Waals surface area contributed by atoms with Crippen LogP contribution in [0, 0.1) is 0 Å². The Labute approximate surface area is 111 Å². The fraction of sp³-hybridized carbons (Fsp3) is 0.600. The lowest BCUT2D eigenvalue weighted by Gasteiger charge is -2.16. The highest BCUT2D eigenvalue weighted by molar-refractivity contribution is 7.91. The fourth-order valence-corrected chi connectivity index (χ4v) is 2.75. The lowest BCUT2D eigenvalue weighted by atomic mass is 10.4. The zero-order valence-corrected chi connectivity index (χ0v) is 11.9. The third-order valence-electron chi connectivity index (χ3n) is 2.51. The standard InChI is InChI=1S/C10H18N4O4S/c1-4-5-13(2)10-8(19(3,17)18)9(11)14(12-10)6-7(15)16/h4-6,11H2,1-3H3,(H,15,16). The SMILES string of the molecule is CCCN(C)c1nn(CC(=O)O)c(N)c1S(C)(=O)=O. The summed E-state index contributed by atoms with van der Waals surface area (Å²) >= 11 is 0. The molecule has 0 aliphatic rings. The van der Waals surface area contributed by atoms with Crippen LogP contribution in [0.15, 0.2) is 4.90 Å². The topological polar surface area (TPSA) is 119 Å². The van der Waals surface area contributed by atoms with Gasteiger partial charge in [0.05, 0.1) is 0 Å². The summed E-state index contributed by atoms with van der Waals surface area (Å²) in [7, 11) is -1.90. The second-order valence-corrected chi connectivity index (χ2v) is 6.24. The molecule has 0 radical (unpaired) electrons. The van der Waals surface area contributed by atoms with Crippen LogP contribution in [0.1, 0.15) is 13.3 Å². The van der Waals surface area contributed by atoms with Gasteiger partial charge in [-0.3, -0.25) is 4.79 Å². The quantitative estimate of drug-likeness (QED) is 0.744. The number of aromatic nitrogens is 2. The maximum atomic E-state index is 11.8. The number of nitrogens with two attached hydrogens (primary N) is 1. The number of carboxylic acid groups (broad SMARTS) is 1. The summed E-state index contributed by atoms with van der Waals surface area (Å²) in [6, 6.07) is 0. The molecule has 0 bridgehead atoms. The van der Waals surface area contributed by atoms with Crippen LogP contribution >= 0.6 is 0 Å². The first kappa shape index (κ1) is 15.3. The number of nitrogens with zero attached hydrogens (tertiary/aromatic N) is 3. The van der Waals surface area contributed by atoms with Gasteiger partial charge in [0, 0.05) is 19.8 Å². The van der Waals surface area contributed by atoms with Gasteiger partial charge in [-0.1, -0.05) is 6.92 Å². The van der Waals surface area contributed by atoms with E-state index in [9.17, 15) is 13.2 Å². The molecule has 0 aromatic carbocycles. The minimum atomic E-state index is -3.59. The summed E-state index contributed by atoms with van der Waals surface area (Å²) in [5, 5.41) is 12.7. The van der Waals surface area contributed by atoms with Gasteiger partial charge in [0.2, 0.25) is 0 Å². The molecule has 0 aliphatic heterocycles. The number of anilines is 2.